The largest absolute Gasteiger partial charge is 0.319 e. The smallest absolute Gasteiger partial charge is 0.270 e. The van der Waals surface area contributed by atoms with Crippen LogP contribution in [0.1, 0.15) is 12.8 Å². The van der Waals surface area contributed by atoms with Crippen LogP contribution in [0.5, 0.6) is 0 Å². The highest BCUT2D eigenvalue weighted by molar-refractivity contribution is 7.71. The van der Waals surface area contributed by atoms with Crippen LogP contribution in [0.3, 0.4) is 0 Å². The molecule has 1 fully saturated rings. The number of nitro groups is 1. The Balaban J connectivity index is 2.40. The zero-order chi connectivity index (χ0) is 10.9. The third-order valence-corrected chi connectivity index (χ3v) is 6.10. The van der Waals surface area contributed by atoms with Crippen LogP contribution < -0.4 is 5.30 Å². The van der Waals surface area contributed by atoms with E-state index in [1.165, 1.54) is 12.1 Å². The molecule has 4 nitrogen and oxygen atoms in total. The molecule has 0 spiro atoms. The summed E-state index contributed by atoms with van der Waals surface area (Å²) < 4.78 is 12.4. The molecule has 0 radical (unpaired) electrons. The van der Waals surface area contributed by atoms with Crippen molar-refractivity contribution in [3.63, 3.8) is 0 Å². The number of benzene rings is 1. The predicted molar refractivity (Wildman–Crippen MR) is 59.3 cm³/mol. The number of non-ortho nitro benzene ring substituents is 1. The van der Waals surface area contributed by atoms with Crippen LogP contribution in [-0.2, 0) is 4.57 Å². The van der Waals surface area contributed by atoms with Crippen molar-refractivity contribution in [3.8, 4) is 0 Å². The minimum absolute atomic E-state index is 0.0367. The zero-order valence-corrected chi connectivity index (χ0v) is 9.15. The van der Waals surface area contributed by atoms with E-state index in [1.807, 2.05) is 0 Å². The molecule has 0 N–H and O–H groups in total. The number of nitro benzene ring substituents is 1. The van der Waals surface area contributed by atoms with Crippen molar-refractivity contribution in [3.05, 3.63) is 34.4 Å². The maximum atomic E-state index is 12.4. The lowest BCUT2D eigenvalue weighted by Crippen LogP contribution is -2.06. The summed E-state index contributed by atoms with van der Waals surface area (Å²) >= 11 is 0. The molecule has 0 unspecified atom stereocenters. The van der Waals surface area contributed by atoms with Gasteiger partial charge in [-0.05, 0) is 12.8 Å². The molecule has 2 rings (SSSR count). The van der Waals surface area contributed by atoms with E-state index >= 15 is 0 Å². The molecule has 0 aromatic heterocycles. The lowest BCUT2D eigenvalue weighted by Gasteiger charge is -2.10. The monoisotopic (exact) mass is 225 g/mol. The molecule has 1 saturated heterocycles. The maximum absolute atomic E-state index is 12.4. The molecule has 0 bridgehead atoms. The molecule has 80 valence electrons. The van der Waals surface area contributed by atoms with Gasteiger partial charge in [-0.1, -0.05) is 12.1 Å². The number of rotatable bonds is 2. The average Bonchev–Trinajstić information content (AvgIpc) is 2.67. The van der Waals surface area contributed by atoms with E-state index in [1.54, 1.807) is 12.1 Å². The van der Waals surface area contributed by atoms with Crippen molar-refractivity contribution >= 4 is 18.1 Å². The Labute approximate surface area is 87.8 Å². The molecular formula is C10H12NO3P. The van der Waals surface area contributed by atoms with E-state index < -0.39 is 12.1 Å². The van der Waals surface area contributed by atoms with Gasteiger partial charge in [0, 0.05) is 29.8 Å². The molecule has 1 aliphatic rings. The lowest BCUT2D eigenvalue weighted by atomic mass is 10.3. The van der Waals surface area contributed by atoms with Gasteiger partial charge in [0.05, 0.1) is 4.92 Å². The first kappa shape index (κ1) is 10.4. The molecule has 0 atom stereocenters. The van der Waals surface area contributed by atoms with Crippen molar-refractivity contribution in [1.29, 1.82) is 0 Å². The fourth-order valence-electron chi connectivity index (χ4n) is 1.96. The number of hydrogen-bond acceptors (Lipinski definition) is 3. The molecule has 1 aromatic carbocycles. The van der Waals surface area contributed by atoms with Gasteiger partial charge in [0.2, 0.25) is 0 Å². The van der Waals surface area contributed by atoms with Gasteiger partial charge in [0.1, 0.15) is 7.14 Å². The van der Waals surface area contributed by atoms with Crippen LogP contribution in [0.15, 0.2) is 24.3 Å². The summed E-state index contributed by atoms with van der Waals surface area (Å²) in [5.41, 5.74) is 0.0367. The van der Waals surface area contributed by atoms with Gasteiger partial charge in [-0.2, -0.15) is 0 Å². The Morgan fingerprint density at radius 1 is 1.27 bits per heavy atom. The van der Waals surface area contributed by atoms with Crippen LogP contribution >= 0.6 is 7.14 Å². The minimum Gasteiger partial charge on any atom is -0.319 e. The Morgan fingerprint density at radius 2 is 1.93 bits per heavy atom. The third kappa shape index (κ3) is 1.95. The van der Waals surface area contributed by atoms with E-state index in [2.05, 4.69) is 0 Å². The Bertz CT molecular complexity index is 434. The zero-order valence-electron chi connectivity index (χ0n) is 8.26. The first-order valence-corrected chi connectivity index (χ1v) is 7.03. The topological polar surface area (TPSA) is 60.2 Å². The molecule has 1 aliphatic heterocycles. The quantitative estimate of drug-likeness (QED) is 0.441. The van der Waals surface area contributed by atoms with Gasteiger partial charge in [0.25, 0.3) is 5.69 Å². The van der Waals surface area contributed by atoms with E-state index in [-0.39, 0.29) is 5.69 Å². The summed E-state index contributed by atoms with van der Waals surface area (Å²) in [5.74, 6) is 0. The highest BCUT2D eigenvalue weighted by atomic mass is 31.2. The Kier molecular flexibility index (Phi) is 2.61. The van der Waals surface area contributed by atoms with Gasteiger partial charge in [-0.15, -0.1) is 0 Å². The van der Waals surface area contributed by atoms with Crippen LogP contribution in [0.4, 0.5) is 5.69 Å². The molecule has 0 amide bonds. The van der Waals surface area contributed by atoms with Gasteiger partial charge in [-0.3, -0.25) is 10.1 Å². The van der Waals surface area contributed by atoms with Gasteiger partial charge in [-0.25, -0.2) is 0 Å². The second-order valence-electron chi connectivity index (χ2n) is 3.82. The average molecular weight is 225 g/mol. The first-order chi connectivity index (χ1) is 7.12. The fourth-order valence-corrected chi connectivity index (χ4v) is 4.90. The van der Waals surface area contributed by atoms with Gasteiger partial charge < -0.3 is 4.57 Å². The molecule has 1 heterocycles. The molecule has 15 heavy (non-hydrogen) atoms. The molecule has 0 saturated carbocycles. The van der Waals surface area contributed by atoms with Crippen molar-refractivity contribution in [1.82, 2.24) is 0 Å². The van der Waals surface area contributed by atoms with Crippen molar-refractivity contribution in [2.45, 2.75) is 12.8 Å². The SMILES string of the molecule is O=[N+]([O-])c1cccc(P2(=O)CCCC2)c1. The lowest BCUT2D eigenvalue weighted by molar-refractivity contribution is -0.384. The molecule has 5 heteroatoms. The van der Waals surface area contributed by atoms with Crippen LogP contribution in [0.2, 0.25) is 0 Å². The molecule has 0 aliphatic carbocycles. The number of nitrogens with zero attached hydrogens (tertiary/aromatic N) is 1. The highest BCUT2D eigenvalue weighted by Crippen LogP contribution is 2.51. The second kappa shape index (κ2) is 3.78. The summed E-state index contributed by atoms with van der Waals surface area (Å²) in [6.07, 6.45) is 3.35. The second-order valence-corrected chi connectivity index (χ2v) is 7.01. The van der Waals surface area contributed by atoms with E-state index in [0.29, 0.717) is 17.6 Å². The maximum Gasteiger partial charge on any atom is 0.270 e. The van der Waals surface area contributed by atoms with E-state index in [0.717, 1.165) is 12.8 Å². The highest BCUT2D eigenvalue weighted by Gasteiger charge is 2.29. The fraction of sp³-hybridized carbons (Fsp3) is 0.400. The predicted octanol–water partition coefficient (Wildman–Crippen LogP) is 2.38. The van der Waals surface area contributed by atoms with E-state index in [4.69, 9.17) is 0 Å². The van der Waals surface area contributed by atoms with Crippen molar-refractivity contribution in [2.24, 2.45) is 0 Å². The van der Waals surface area contributed by atoms with Crippen molar-refractivity contribution < 1.29 is 9.49 Å². The Morgan fingerprint density at radius 3 is 2.53 bits per heavy atom. The van der Waals surface area contributed by atoms with Crippen LogP contribution in [0.25, 0.3) is 0 Å². The summed E-state index contributed by atoms with van der Waals surface area (Å²) in [6, 6.07) is 6.27. The molecule has 1 aromatic rings. The van der Waals surface area contributed by atoms with E-state index in [9.17, 15) is 14.7 Å². The minimum atomic E-state index is -2.29. The number of hydrogen-bond donors (Lipinski definition) is 0. The standard InChI is InChI=1S/C10H12NO3P/c12-11(13)9-4-3-5-10(8-9)15(14)6-1-2-7-15/h3-5,8H,1-2,6-7H2. The van der Waals surface area contributed by atoms with Gasteiger partial charge >= 0.3 is 0 Å². The van der Waals surface area contributed by atoms with Crippen LogP contribution in [-0.4, -0.2) is 17.2 Å². The summed E-state index contributed by atoms with van der Waals surface area (Å²) in [4.78, 5) is 10.1. The normalized spacial score (nSPS) is 18.9. The first-order valence-electron chi connectivity index (χ1n) is 4.95. The Hall–Kier alpha value is -1.15. The third-order valence-electron chi connectivity index (χ3n) is 2.80. The summed E-state index contributed by atoms with van der Waals surface area (Å²) in [6.45, 7) is 0. The van der Waals surface area contributed by atoms with Gasteiger partial charge in [0.15, 0.2) is 0 Å². The van der Waals surface area contributed by atoms with Crippen molar-refractivity contribution in [2.75, 3.05) is 12.3 Å². The summed E-state index contributed by atoms with van der Waals surface area (Å²) in [7, 11) is -2.29. The molecular weight excluding hydrogens is 213 g/mol. The summed E-state index contributed by atoms with van der Waals surface area (Å²) in [5, 5.41) is 11.3. The van der Waals surface area contributed by atoms with Crippen LogP contribution in [0, 0.1) is 10.1 Å².